The number of sulfone groups is 1. The molecule has 0 spiro atoms. The first-order valence-corrected chi connectivity index (χ1v) is 10.0. The first-order valence-electron chi connectivity index (χ1n) is 7.65. The fraction of sp³-hybridized carbons (Fsp3) is 0.375. The van der Waals surface area contributed by atoms with Crippen LogP contribution in [0.15, 0.2) is 57.4 Å². The summed E-state index contributed by atoms with van der Waals surface area (Å²) < 4.78 is 25.2. The third-order valence-corrected chi connectivity index (χ3v) is 7.15. The number of benzene rings is 1. The van der Waals surface area contributed by atoms with Crippen molar-refractivity contribution in [3.05, 3.63) is 47.7 Å². The highest BCUT2D eigenvalue weighted by molar-refractivity contribution is 7.99. The zero-order valence-corrected chi connectivity index (χ0v) is 14.2. The SMILES string of the molecule is O=S(=O)(c1ccc(Sc2ccccc2)n[n+]1[O-])C1CCCCC1. The fourth-order valence-corrected chi connectivity index (χ4v) is 5.39. The molecule has 0 radical (unpaired) electrons. The molecule has 122 valence electrons. The summed E-state index contributed by atoms with van der Waals surface area (Å²) in [5, 5.41) is 15.8. The fourth-order valence-electron chi connectivity index (χ4n) is 2.79. The van der Waals surface area contributed by atoms with Gasteiger partial charge in [0.25, 0.3) is 0 Å². The van der Waals surface area contributed by atoms with Gasteiger partial charge in [0.15, 0.2) is 5.03 Å². The molecule has 3 rings (SSSR count). The molecule has 0 atom stereocenters. The van der Waals surface area contributed by atoms with Crippen molar-refractivity contribution < 1.29 is 13.3 Å². The van der Waals surface area contributed by atoms with Crippen LogP contribution in [0.25, 0.3) is 0 Å². The van der Waals surface area contributed by atoms with Gasteiger partial charge in [-0.25, -0.2) is 8.42 Å². The van der Waals surface area contributed by atoms with Crippen molar-refractivity contribution in [2.45, 2.75) is 52.3 Å². The van der Waals surface area contributed by atoms with Crippen LogP contribution in [0.1, 0.15) is 32.1 Å². The quantitative estimate of drug-likeness (QED) is 0.626. The van der Waals surface area contributed by atoms with Crippen LogP contribution in [0.4, 0.5) is 0 Å². The lowest BCUT2D eigenvalue weighted by Gasteiger charge is -2.20. The van der Waals surface area contributed by atoms with E-state index in [1.807, 2.05) is 30.3 Å². The van der Waals surface area contributed by atoms with E-state index in [2.05, 4.69) is 5.10 Å². The van der Waals surface area contributed by atoms with Crippen molar-refractivity contribution in [2.24, 2.45) is 0 Å². The lowest BCUT2D eigenvalue weighted by Crippen LogP contribution is -2.41. The molecular formula is C16H18N2O3S2. The van der Waals surface area contributed by atoms with Crippen molar-refractivity contribution in [1.29, 1.82) is 0 Å². The molecule has 0 saturated heterocycles. The van der Waals surface area contributed by atoms with Gasteiger partial charge < -0.3 is 5.21 Å². The van der Waals surface area contributed by atoms with Crippen LogP contribution in [0, 0.1) is 5.21 Å². The molecule has 0 unspecified atom stereocenters. The smallest absolute Gasteiger partial charge is 0.335 e. The van der Waals surface area contributed by atoms with Crippen molar-refractivity contribution in [1.82, 2.24) is 5.10 Å². The van der Waals surface area contributed by atoms with Gasteiger partial charge in [-0.3, -0.25) is 0 Å². The molecule has 1 aromatic carbocycles. The van der Waals surface area contributed by atoms with Gasteiger partial charge >= 0.3 is 5.03 Å². The van der Waals surface area contributed by atoms with Crippen LogP contribution in [0.2, 0.25) is 0 Å². The molecule has 0 aliphatic heterocycles. The molecule has 2 aromatic rings. The van der Waals surface area contributed by atoms with E-state index >= 15 is 0 Å². The molecule has 1 fully saturated rings. The van der Waals surface area contributed by atoms with E-state index in [0.29, 0.717) is 17.9 Å². The predicted octanol–water partition coefficient (Wildman–Crippen LogP) is 2.97. The second-order valence-electron chi connectivity index (χ2n) is 5.60. The number of hydrogen-bond donors (Lipinski definition) is 0. The minimum atomic E-state index is -3.60. The van der Waals surface area contributed by atoms with E-state index in [9.17, 15) is 13.6 Å². The van der Waals surface area contributed by atoms with Crippen molar-refractivity contribution >= 4 is 21.6 Å². The van der Waals surface area contributed by atoms with Crippen molar-refractivity contribution in [3.8, 4) is 0 Å². The Hall–Kier alpha value is -1.60. The summed E-state index contributed by atoms with van der Waals surface area (Å²) in [5.41, 5.74) is 0. The Labute approximate surface area is 140 Å². The minimum absolute atomic E-state index is 0.234. The third-order valence-electron chi connectivity index (χ3n) is 3.99. The van der Waals surface area contributed by atoms with Crippen molar-refractivity contribution in [3.63, 3.8) is 0 Å². The second kappa shape index (κ2) is 6.88. The Morgan fingerprint density at radius 3 is 2.39 bits per heavy atom. The largest absolute Gasteiger partial charge is 0.593 e. The van der Waals surface area contributed by atoms with E-state index in [1.165, 1.54) is 17.8 Å². The van der Waals surface area contributed by atoms with Gasteiger partial charge in [-0.1, -0.05) is 49.2 Å². The maximum absolute atomic E-state index is 12.6. The van der Waals surface area contributed by atoms with Gasteiger partial charge in [0.1, 0.15) is 0 Å². The third kappa shape index (κ3) is 3.67. The van der Waals surface area contributed by atoms with Crippen LogP contribution in [-0.2, 0) is 9.84 Å². The molecule has 0 amide bonds. The summed E-state index contributed by atoms with van der Waals surface area (Å²) in [6.45, 7) is 0. The summed E-state index contributed by atoms with van der Waals surface area (Å²) in [7, 11) is -3.60. The molecule has 1 heterocycles. The van der Waals surface area contributed by atoms with E-state index < -0.39 is 15.1 Å². The van der Waals surface area contributed by atoms with Crippen LogP contribution >= 0.6 is 11.8 Å². The normalized spacial score (nSPS) is 16.3. The summed E-state index contributed by atoms with van der Waals surface area (Å²) in [4.78, 5) is 1.21. The van der Waals surface area contributed by atoms with Gasteiger partial charge in [0, 0.05) is 16.1 Å². The molecular weight excluding hydrogens is 332 g/mol. The van der Waals surface area contributed by atoms with Crippen molar-refractivity contribution in [2.75, 3.05) is 0 Å². The van der Waals surface area contributed by atoms with Gasteiger partial charge in [-0.05, 0) is 35.9 Å². The Bertz CT molecular complexity index is 773. The summed E-state index contributed by atoms with van der Waals surface area (Å²) in [6, 6.07) is 12.5. The monoisotopic (exact) mass is 350 g/mol. The van der Waals surface area contributed by atoms with Gasteiger partial charge in [-0.2, -0.15) is 0 Å². The Morgan fingerprint density at radius 2 is 1.74 bits per heavy atom. The Kier molecular flexibility index (Phi) is 4.87. The lowest BCUT2D eigenvalue weighted by atomic mass is 10.0. The molecule has 0 bridgehead atoms. The van der Waals surface area contributed by atoms with E-state index in [4.69, 9.17) is 0 Å². The molecule has 23 heavy (non-hydrogen) atoms. The van der Waals surface area contributed by atoms with Crippen LogP contribution in [0.3, 0.4) is 0 Å². The number of aromatic nitrogens is 2. The predicted molar refractivity (Wildman–Crippen MR) is 87.8 cm³/mol. The highest BCUT2D eigenvalue weighted by Gasteiger charge is 2.35. The number of hydrogen-bond acceptors (Lipinski definition) is 5. The van der Waals surface area contributed by atoms with E-state index in [-0.39, 0.29) is 9.87 Å². The maximum Gasteiger partial charge on any atom is 0.335 e. The Balaban J connectivity index is 1.84. The highest BCUT2D eigenvalue weighted by atomic mass is 32.2. The first-order chi connectivity index (χ1) is 11.1. The molecule has 0 N–H and O–H groups in total. The summed E-state index contributed by atoms with van der Waals surface area (Å²) >= 11 is 1.33. The van der Waals surface area contributed by atoms with Crippen LogP contribution in [-0.4, -0.2) is 18.8 Å². The summed E-state index contributed by atoms with van der Waals surface area (Å²) in [5.74, 6) is 0. The molecule has 1 saturated carbocycles. The van der Waals surface area contributed by atoms with Crippen LogP contribution in [0.5, 0.6) is 0 Å². The summed E-state index contributed by atoms with van der Waals surface area (Å²) in [6.07, 6.45) is 4.12. The van der Waals surface area contributed by atoms with E-state index in [1.54, 1.807) is 6.07 Å². The molecule has 7 heteroatoms. The topological polar surface area (TPSA) is 74.0 Å². The van der Waals surface area contributed by atoms with Gasteiger partial charge in [0.05, 0.1) is 5.25 Å². The van der Waals surface area contributed by atoms with E-state index in [0.717, 1.165) is 24.2 Å². The zero-order chi connectivity index (χ0) is 16.3. The Morgan fingerprint density at radius 1 is 1.04 bits per heavy atom. The number of nitrogens with zero attached hydrogens (tertiary/aromatic N) is 2. The second-order valence-corrected chi connectivity index (χ2v) is 8.87. The molecule has 1 aliphatic rings. The molecule has 5 nitrogen and oxygen atoms in total. The molecule has 1 aliphatic carbocycles. The first kappa shape index (κ1) is 16.3. The van der Waals surface area contributed by atoms with Gasteiger partial charge in [-0.15, -0.1) is 0 Å². The molecule has 1 aromatic heterocycles. The average molecular weight is 350 g/mol. The lowest BCUT2D eigenvalue weighted by molar-refractivity contribution is -0.711. The zero-order valence-electron chi connectivity index (χ0n) is 12.6. The number of rotatable bonds is 4. The standard InChI is InChI=1S/C16H18N2O3S2/c19-18-16(23(20,21)14-9-5-2-6-10-14)12-11-15(17-18)22-13-7-3-1-4-8-13/h1,3-4,7-8,11-12,14H,2,5-6,9-10H2. The highest BCUT2D eigenvalue weighted by Crippen LogP contribution is 2.29. The maximum atomic E-state index is 12.6. The van der Waals surface area contributed by atoms with Crippen LogP contribution < -0.4 is 4.85 Å². The minimum Gasteiger partial charge on any atom is -0.593 e. The average Bonchev–Trinajstić information content (AvgIpc) is 2.56. The van der Waals surface area contributed by atoms with Gasteiger partial charge in [0.2, 0.25) is 9.84 Å².